The molecule has 1 fully saturated rings. The van der Waals surface area contributed by atoms with Crippen LogP contribution in [0.2, 0.25) is 0 Å². The van der Waals surface area contributed by atoms with Crippen molar-refractivity contribution in [3.63, 3.8) is 0 Å². The average molecular weight is 558 g/mol. The van der Waals surface area contributed by atoms with Crippen molar-refractivity contribution in [2.45, 2.75) is 83.8 Å². The number of para-hydroxylation sites is 2. The van der Waals surface area contributed by atoms with Crippen molar-refractivity contribution in [3.05, 3.63) is 59.7 Å². The zero-order chi connectivity index (χ0) is 28.4. The van der Waals surface area contributed by atoms with E-state index in [0.29, 0.717) is 30.8 Å². The maximum Gasteiger partial charge on any atom is 0.243 e. The monoisotopic (exact) mass is 557 g/mol. The van der Waals surface area contributed by atoms with Crippen molar-refractivity contribution < 1.29 is 22.7 Å². The number of amides is 2. The highest BCUT2D eigenvalue weighted by atomic mass is 32.2. The number of ether oxygens (including phenoxy) is 1. The van der Waals surface area contributed by atoms with Crippen LogP contribution in [0.4, 0.5) is 5.69 Å². The third-order valence-corrected chi connectivity index (χ3v) is 8.46. The average Bonchev–Trinajstić information content (AvgIpc) is 2.91. The Morgan fingerprint density at radius 3 is 2.44 bits per heavy atom. The lowest BCUT2D eigenvalue weighted by atomic mass is 9.95. The number of benzene rings is 2. The third-order valence-electron chi connectivity index (χ3n) is 7.28. The first-order chi connectivity index (χ1) is 18.6. The van der Waals surface area contributed by atoms with Crippen LogP contribution < -0.4 is 14.4 Å². The van der Waals surface area contributed by atoms with Gasteiger partial charge in [-0.05, 0) is 50.3 Å². The number of aryl methyl sites for hydroxylation is 1. The van der Waals surface area contributed by atoms with E-state index in [0.717, 1.165) is 43.1 Å². The van der Waals surface area contributed by atoms with Crippen LogP contribution in [0.1, 0.15) is 69.4 Å². The van der Waals surface area contributed by atoms with Crippen LogP contribution in [0.5, 0.6) is 5.75 Å². The molecule has 0 aliphatic heterocycles. The summed E-state index contributed by atoms with van der Waals surface area (Å²) in [7, 11) is -2.11. The first-order valence-electron chi connectivity index (χ1n) is 13.9. The number of hydrogen-bond acceptors (Lipinski definition) is 5. The Bertz CT molecular complexity index is 1210. The van der Waals surface area contributed by atoms with Crippen molar-refractivity contribution in [1.29, 1.82) is 0 Å². The van der Waals surface area contributed by atoms with E-state index in [1.54, 1.807) is 29.2 Å². The minimum atomic E-state index is -3.61. The number of methoxy groups -OCH3 is 1. The maximum absolute atomic E-state index is 13.7. The quantitative estimate of drug-likeness (QED) is 0.382. The van der Waals surface area contributed by atoms with Crippen LogP contribution in [0.15, 0.2) is 48.5 Å². The summed E-state index contributed by atoms with van der Waals surface area (Å²) in [4.78, 5) is 28.7. The molecular weight excluding hydrogens is 514 g/mol. The number of sulfonamides is 1. The van der Waals surface area contributed by atoms with Gasteiger partial charge in [0.15, 0.2) is 0 Å². The number of nitrogens with zero attached hydrogens (tertiary/aromatic N) is 2. The summed E-state index contributed by atoms with van der Waals surface area (Å²) >= 11 is 0. The van der Waals surface area contributed by atoms with Gasteiger partial charge in [-0.3, -0.25) is 13.9 Å². The molecule has 1 aliphatic rings. The fourth-order valence-electron chi connectivity index (χ4n) is 5.29. The number of rotatable bonds is 13. The smallest absolute Gasteiger partial charge is 0.243 e. The number of carbonyl (C=O) groups is 2. The molecule has 39 heavy (non-hydrogen) atoms. The fraction of sp³-hybridized carbons (Fsp3) is 0.533. The zero-order valence-electron chi connectivity index (χ0n) is 23.7. The van der Waals surface area contributed by atoms with E-state index in [1.165, 1.54) is 17.8 Å². The number of carbonyl (C=O) groups excluding carboxylic acids is 2. The van der Waals surface area contributed by atoms with E-state index >= 15 is 0 Å². The van der Waals surface area contributed by atoms with E-state index in [2.05, 4.69) is 5.32 Å². The summed E-state index contributed by atoms with van der Waals surface area (Å²) in [6, 6.07) is 14.4. The van der Waals surface area contributed by atoms with E-state index in [9.17, 15) is 18.0 Å². The number of nitrogens with one attached hydrogen (secondary N) is 1. The molecule has 2 aromatic carbocycles. The second-order valence-electron chi connectivity index (χ2n) is 10.4. The van der Waals surface area contributed by atoms with Crippen molar-refractivity contribution in [2.75, 3.05) is 24.2 Å². The Hall–Kier alpha value is -3.07. The van der Waals surface area contributed by atoms with Crippen LogP contribution in [-0.4, -0.2) is 57.1 Å². The van der Waals surface area contributed by atoms with Gasteiger partial charge in [0, 0.05) is 25.6 Å². The summed E-state index contributed by atoms with van der Waals surface area (Å²) in [5, 5.41) is 3.20. The first kappa shape index (κ1) is 30.5. The number of anilines is 1. The lowest BCUT2D eigenvalue weighted by Gasteiger charge is -2.33. The maximum atomic E-state index is 13.7. The second kappa shape index (κ2) is 14.4. The van der Waals surface area contributed by atoms with Crippen LogP contribution >= 0.6 is 0 Å². The highest BCUT2D eigenvalue weighted by Crippen LogP contribution is 2.30. The highest BCUT2D eigenvalue weighted by molar-refractivity contribution is 7.92. The molecule has 1 aliphatic carbocycles. The van der Waals surface area contributed by atoms with Crippen molar-refractivity contribution in [2.24, 2.45) is 0 Å². The molecule has 1 atom stereocenters. The molecule has 0 bridgehead atoms. The van der Waals surface area contributed by atoms with Crippen molar-refractivity contribution in [3.8, 4) is 5.75 Å². The van der Waals surface area contributed by atoms with Gasteiger partial charge in [0.25, 0.3) is 0 Å². The lowest BCUT2D eigenvalue weighted by molar-refractivity contribution is -0.141. The second-order valence-corrected chi connectivity index (χ2v) is 12.3. The van der Waals surface area contributed by atoms with Gasteiger partial charge in [-0.1, -0.05) is 68.1 Å². The SMILES string of the molecule is CC[C@@H](C(=O)NC1CCCCC1)N(Cc1cccc(C)c1)C(=O)CCCN(c1ccccc1OC)S(C)(=O)=O. The molecule has 3 rings (SSSR count). The van der Waals surface area contributed by atoms with Gasteiger partial charge in [-0.2, -0.15) is 0 Å². The molecule has 0 heterocycles. The molecule has 8 nitrogen and oxygen atoms in total. The van der Waals surface area contributed by atoms with Crippen LogP contribution in [0.25, 0.3) is 0 Å². The molecule has 1 N–H and O–H groups in total. The van der Waals surface area contributed by atoms with E-state index < -0.39 is 16.1 Å². The van der Waals surface area contributed by atoms with Gasteiger partial charge in [-0.25, -0.2) is 8.42 Å². The standard InChI is InChI=1S/C30H43N3O5S/c1-5-26(30(35)31-25-15-7-6-8-16-25)32(22-24-14-11-13-23(2)21-24)29(34)19-12-20-33(39(4,36)37)27-17-9-10-18-28(27)38-3/h9-11,13-14,17-18,21,25-26H,5-8,12,15-16,19-20,22H2,1-4H3,(H,31,35)/t26-/m0/s1. The van der Waals surface area contributed by atoms with Crippen molar-refractivity contribution >= 4 is 27.5 Å². The first-order valence-corrected chi connectivity index (χ1v) is 15.7. The van der Waals surface area contributed by atoms with Gasteiger partial charge in [0.05, 0.1) is 19.1 Å². The Labute approximate surface area is 233 Å². The summed E-state index contributed by atoms with van der Waals surface area (Å²) in [6.45, 7) is 4.36. The summed E-state index contributed by atoms with van der Waals surface area (Å²) < 4.78 is 31.9. The van der Waals surface area contributed by atoms with E-state index in [-0.39, 0.29) is 30.8 Å². The molecule has 2 amide bonds. The molecule has 0 spiro atoms. The Morgan fingerprint density at radius 2 is 1.79 bits per heavy atom. The molecule has 1 saturated carbocycles. The van der Waals surface area contributed by atoms with Gasteiger partial charge in [-0.15, -0.1) is 0 Å². The normalized spacial score (nSPS) is 14.9. The third kappa shape index (κ3) is 8.71. The molecule has 2 aromatic rings. The Balaban J connectivity index is 1.77. The van der Waals surface area contributed by atoms with Gasteiger partial charge in [0.1, 0.15) is 11.8 Å². The van der Waals surface area contributed by atoms with Gasteiger partial charge in [0.2, 0.25) is 21.8 Å². The fourth-order valence-corrected chi connectivity index (χ4v) is 6.26. The predicted molar refractivity (Wildman–Crippen MR) is 155 cm³/mol. The molecule has 0 saturated heterocycles. The minimum Gasteiger partial charge on any atom is -0.495 e. The van der Waals surface area contributed by atoms with E-state index in [1.807, 2.05) is 38.1 Å². The van der Waals surface area contributed by atoms with Gasteiger partial charge < -0.3 is 15.0 Å². The Morgan fingerprint density at radius 1 is 1.08 bits per heavy atom. The highest BCUT2D eigenvalue weighted by Gasteiger charge is 2.30. The molecule has 0 unspecified atom stereocenters. The molecule has 0 aromatic heterocycles. The molecule has 9 heteroatoms. The zero-order valence-corrected chi connectivity index (χ0v) is 24.5. The summed E-state index contributed by atoms with van der Waals surface area (Å²) in [6.07, 6.45) is 7.40. The summed E-state index contributed by atoms with van der Waals surface area (Å²) in [5.74, 6) is 0.161. The molecule has 0 radical (unpaired) electrons. The summed E-state index contributed by atoms with van der Waals surface area (Å²) in [5.41, 5.74) is 2.48. The van der Waals surface area contributed by atoms with Crippen LogP contribution in [0.3, 0.4) is 0 Å². The van der Waals surface area contributed by atoms with Gasteiger partial charge >= 0.3 is 0 Å². The largest absolute Gasteiger partial charge is 0.495 e. The predicted octanol–water partition coefficient (Wildman–Crippen LogP) is 4.81. The number of hydrogen-bond donors (Lipinski definition) is 1. The van der Waals surface area contributed by atoms with Crippen LogP contribution in [-0.2, 0) is 26.2 Å². The van der Waals surface area contributed by atoms with Crippen LogP contribution in [0, 0.1) is 6.92 Å². The molecular formula is C30H43N3O5S. The minimum absolute atomic E-state index is 0.111. The topological polar surface area (TPSA) is 96.0 Å². The van der Waals surface area contributed by atoms with E-state index in [4.69, 9.17) is 4.74 Å². The van der Waals surface area contributed by atoms with Crippen molar-refractivity contribution in [1.82, 2.24) is 10.2 Å². The lowest BCUT2D eigenvalue weighted by Crippen LogP contribution is -2.51. The Kier molecular flexibility index (Phi) is 11.2. The molecule has 214 valence electrons.